The van der Waals surface area contributed by atoms with Crippen molar-refractivity contribution in [1.82, 2.24) is 4.98 Å². The van der Waals surface area contributed by atoms with Gasteiger partial charge in [0, 0.05) is 28.0 Å². The van der Waals surface area contributed by atoms with Crippen molar-refractivity contribution in [3.63, 3.8) is 0 Å². The Bertz CT molecular complexity index is 545. The molecule has 1 aromatic heterocycles. The molecule has 0 aliphatic heterocycles. The molecule has 0 saturated carbocycles. The maximum atomic E-state index is 13.6. The third-order valence-electron chi connectivity index (χ3n) is 2.63. The summed E-state index contributed by atoms with van der Waals surface area (Å²) in [6, 6.07) is 6.29. The highest BCUT2D eigenvalue weighted by Gasteiger charge is 2.17. The predicted molar refractivity (Wildman–Crippen MR) is 67.1 cm³/mol. The van der Waals surface area contributed by atoms with E-state index in [1.807, 2.05) is 6.92 Å². The molecule has 0 amide bonds. The maximum Gasteiger partial charge on any atom is 0.129 e. The Balaban J connectivity index is 2.47. The van der Waals surface area contributed by atoms with Gasteiger partial charge in [0.25, 0.3) is 0 Å². The molecule has 0 saturated heterocycles. The molecule has 1 heterocycles. The van der Waals surface area contributed by atoms with E-state index < -0.39 is 11.9 Å². The number of hydrogen-bond donors (Lipinski definition) is 1. The maximum absolute atomic E-state index is 13.6. The minimum atomic E-state index is -0.999. The van der Waals surface area contributed by atoms with Gasteiger partial charge in [-0.25, -0.2) is 4.39 Å². The van der Waals surface area contributed by atoms with Gasteiger partial charge < -0.3 is 5.11 Å². The van der Waals surface area contributed by atoms with Gasteiger partial charge >= 0.3 is 0 Å². The zero-order valence-electron chi connectivity index (χ0n) is 9.19. The van der Waals surface area contributed by atoms with Crippen molar-refractivity contribution in [2.75, 3.05) is 0 Å². The number of nitrogens with zero attached hydrogens (tertiary/aromatic N) is 1. The van der Waals surface area contributed by atoms with Crippen molar-refractivity contribution in [1.29, 1.82) is 0 Å². The van der Waals surface area contributed by atoms with Crippen LogP contribution in [0, 0.1) is 12.7 Å². The molecule has 1 N–H and O–H groups in total. The van der Waals surface area contributed by atoms with Crippen LogP contribution in [0.25, 0.3) is 0 Å². The molecule has 0 aliphatic carbocycles. The van der Waals surface area contributed by atoms with E-state index in [1.165, 1.54) is 6.07 Å². The smallest absolute Gasteiger partial charge is 0.129 e. The average Bonchev–Trinajstić information content (AvgIpc) is 2.32. The van der Waals surface area contributed by atoms with Crippen LogP contribution in [0.3, 0.4) is 0 Å². The van der Waals surface area contributed by atoms with E-state index in [0.29, 0.717) is 5.56 Å². The van der Waals surface area contributed by atoms with Crippen LogP contribution in [0.2, 0.25) is 0 Å². The Morgan fingerprint density at radius 2 is 2.06 bits per heavy atom. The minimum Gasteiger partial charge on any atom is -0.383 e. The summed E-state index contributed by atoms with van der Waals surface area (Å²) in [5, 5.41) is 10.2. The topological polar surface area (TPSA) is 33.1 Å². The molecule has 4 heteroatoms. The van der Waals surface area contributed by atoms with Crippen molar-refractivity contribution < 1.29 is 9.50 Å². The first kappa shape index (κ1) is 12.2. The fourth-order valence-electron chi connectivity index (χ4n) is 1.65. The highest BCUT2D eigenvalue weighted by Crippen LogP contribution is 2.28. The normalized spacial score (nSPS) is 12.5. The van der Waals surface area contributed by atoms with Crippen LogP contribution in [0.5, 0.6) is 0 Å². The van der Waals surface area contributed by atoms with Crippen molar-refractivity contribution in [3.8, 4) is 0 Å². The van der Waals surface area contributed by atoms with Gasteiger partial charge in [-0.15, -0.1) is 0 Å². The second-order valence-corrected chi connectivity index (χ2v) is 4.72. The minimum absolute atomic E-state index is 0.246. The highest BCUT2D eigenvalue weighted by atomic mass is 79.9. The number of rotatable bonds is 2. The van der Waals surface area contributed by atoms with Gasteiger partial charge in [-0.3, -0.25) is 4.98 Å². The van der Waals surface area contributed by atoms with Crippen LogP contribution in [0.15, 0.2) is 41.1 Å². The van der Waals surface area contributed by atoms with E-state index in [-0.39, 0.29) is 5.56 Å². The quantitative estimate of drug-likeness (QED) is 0.921. The molecule has 17 heavy (non-hydrogen) atoms. The third kappa shape index (κ3) is 2.53. The first-order chi connectivity index (χ1) is 8.09. The van der Waals surface area contributed by atoms with Gasteiger partial charge in [0.15, 0.2) is 0 Å². The number of halogens is 2. The summed E-state index contributed by atoms with van der Waals surface area (Å²) < 4.78 is 14.4. The second kappa shape index (κ2) is 4.94. The Hall–Kier alpha value is -1.26. The van der Waals surface area contributed by atoms with Crippen LogP contribution >= 0.6 is 15.9 Å². The molecular weight excluding hydrogens is 285 g/mol. The van der Waals surface area contributed by atoms with Crippen LogP contribution in [0.4, 0.5) is 4.39 Å². The van der Waals surface area contributed by atoms with Gasteiger partial charge in [0.2, 0.25) is 0 Å². The molecule has 0 bridgehead atoms. The van der Waals surface area contributed by atoms with Crippen molar-refractivity contribution in [2.24, 2.45) is 0 Å². The summed E-state index contributed by atoms with van der Waals surface area (Å²) in [5.41, 5.74) is 1.74. The molecule has 0 fully saturated rings. The Labute approximate surface area is 107 Å². The largest absolute Gasteiger partial charge is 0.383 e. The summed E-state index contributed by atoms with van der Waals surface area (Å²) >= 11 is 3.26. The summed E-state index contributed by atoms with van der Waals surface area (Å²) in [6.45, 7) is 1.86. The average molecular weight is 296 g/mol. The second-order valence-electron chi connectivity index (χ2n) is 3.80. The van der Waals surface area contributed by atoms with Gasteiger partial charge in [0.05, 0.1) is 0 Å². The van der Waals surface area contributed by atoms with E-state index in [2.05, 4.69) is 20.9 Å². The van der Waals surface area contributed by atoms with Gasteiger partial charge in [-0.2, -0.15) is 0 Å². The summed E-state index contributed by atoms with van der Waals surface area (Å²) in [5.74, 6) is -0.427. The summed E-state index contributed by atoms with van der Waals surface area (Å²) in [6.07, 6.45) is 2.20. The Morgan fingerprint density at radius 3 is 2.76 bits per heavy atom. The van der Waals surface area contributed by atoms with E-state index in [1.54, 1.807) is 30.6 Å². The molecule has 1 unspecified atom stereocenters. The molecule has 0 radical (unpaired) electrons. The number of benzene rings is 1. The number of aryl methyl sites for hydroxylation is 1. The lowest BCUT2D eigenvalue weighted by Gasteiger charge is -2.14. The van der Waals surface area contributed by atoms with E-state index >= 15 is 0 Å². The zero-order valence-corrected chi connectivity index (χ0v) is 10.8. The molecule has 1 aromatic carbocycles. The van der Waals surface area contributed by atoms with Crippen molar-refractivity contribution in [2.45, 2.75) is 13.0 Å². The highest BCUT2D eigenvalue weighted by molar-refractivity contribution is 9.10. The van der Waals surface area contributed by atoms with Gasteiger partial charge in [-0.1, -0.05) is 15.9 Å². The Kier molecular flexibility index (Phi) is 3.54. The number of aliphatic hydroxyl groups excluding tert-OH is 1. The van der Waals surface area contributed by atoms with Crippen LogP contribution in [-0.2, 0) is 0 Å². The zero-order chi connectivity index (χ0) is 12.4. The molecule has 0 aliphatic rings. The molecule has 2 nitrogen and oxygen atoms in total. The number of aliphatic hydroxyl groups is 1. The Morgan fingerprint density at radius 1 is 1.29 bits per heavy atom. The lowest BCUT2D eigenvalue weighted by molar-refractivity contribution is 0.213. The fourth-order valence-corrected chi connectivity index (χ4v) is 2.03. The van der Waals surface area contributed by atoms with E-state index in [0.717, 1.165) is 10.0 Å². The monoisotopic (exact) mass is 295 g/mol. The number of aromatic nitrogens is 1. The fraction of sp³-hybridized carbons (Fsp3) is 0.154. The molecule has 2 rings (SSSR count). The van der Waals surface area contributed by atoms with Crippen LogP contribution in [0.1, 0.15) is 22.8 Å². The first-order valence-electron chi connectivity index (χ1n) is 5.13. The number of hydrogen-bond acceptors (Lipinski definition) is 2. The molecule has 0 spiro atoms. The predicted octanol–water partition coefficient (Wildman–Crippen LogP) is 3.37. The summed E-state index contributed by atoms with van der Waals surface area (Å²) in [7, 11) is 0. The van der Waals surface area contributed by atoms with Crippen molar-refractivity contribution >= 4 is 15.9 Å². The van der Waals surface area contributed by atoms with Crippen LogP contribution < -0.4 is 0 Å². The van der Waals surface area contributed by atoms with Crippen molar-refractivity contribution in [3.05, 3.63) is 63.6 Å². The van der Waals surface area contributed by atoms with E-state index in [4.69, 9.17) is 0 Å². The molecular formula is C13H11BrFNO. The lowest BCUT2D eigenvalue weighted by atomic mass is 9.99. The SMILES string of the molecule is Cc1ccncc1C(O)c1cc(Br)ccc1F. The lowest BCUT2D eigenvalue weighted by Crippen LogP contribution is -2.05. The van der Waals surface area contributed by atoms with Gasteiger partial charge in [0.1, 0.15) is 11.9 Å². The van der Waals surface area contributed by atoms with E-state index in [9.17, 15) is 9.50 Å². The molecule has 2 aromatic rings. The summed E-state index contributed by atoms with van der Waals surface area (Å²) in [4.78, 5) is 3.95. The first-order valence-corrected chi connectivity index (χ1v) is 5.92. The van der Waals surface area contributed by atoms with Gasteiger partial charge in [-0.05, 0) is 36.8 Å². The molecule has 88 valence electrons. The standard InChI is InChI=1S/C13H11BrFNO/c1-8-4-5-16-7-11(8)13(17)10-6-9(14)2-3-12(10)15/h2-7,13,17H,1H3. The molecule has 1 atom stereocenters. The number of pyridine rings is 1. The van der Waals surface area contributed by atoms with Crippen LogP contribution in [-0.4, -0.2) is 10.1 Å². The third-order valence-corrected chi connectivity index (χ3v) is 3.12.